The van der Waals surface area contributed by atoms with Gasteiger partial charge in [0.25, 0.3) is 0 Å². The monoisotopic (exact) mass is 309 g/mol. The van der Waals surface area contributed by atoms with Crippen LogP contribution >= 0.6 is 15.9 Å². The molecule has 96 valence electrons. The van der Waals surface area contributed by atoms with Crippen LogP contribution in [0.2, 0.25) is 0 Å². The van der Waals surface area contributed by atoms with E-state index in [-0.39, 0.29) is 18.2 Å². The third-order valence-electron chi connectivity index (χ3n) is 3.35. The predicted molar refractivity (Wildman–Crippen MR) is 73.5 cm³/mol. The highest BCUT2D eigenvalue weighted by molar-refractivity contribution is 9.10. The van der Waals surface area contributed by atoms with Gasteiger partial charge in [-0.3, -0.25) is 9.59 Å². The summed E-state index contributed by atoms with van der Waals surface area (Å²) >= 11 is 3.34. The molecule has 0 radical (unpaired) electrons. The van der Waals surface area contributed by atoms with E-state index in [0.29, 0.717) is 17.9 Å². The zero-order chi connectivity index (χ0) is 13.1. The number of carbonyl (C=O) groups is 2. The SMILES string of the molecule is CCC1CC(=O)N(CC(=O)c2cccc(Br)c2)C1. The molecule has 1 aromatic carbocycles. The summed E-state index contributed by atoms with van der Waals surface area (Å²) in [6, 6.07) is 7.29. The maximum absolute atomic E-state index is 12.1. The van der Waals surface area contributed by atoms with Crippen molar-refractivity contribution in [2.45, 2.75) is 19.8 Å². The third-order valence-corrected chi connectivity index (χ3v) is 3.85. The second kappa shape index (κ2) is 5.65. The van der Waals surface area contributed by atoms with Crippen LogP contribution in [0.4, 0.5) is 0 Å². The summed E-state index contributed by atoms with van der Waals surface area (Å²) in [5.74, 6) is 0.513. The van der Waals surface area contributed by atoms with Crippen molar-refractivity contribution in [3.63, 3.8) is 0 Å². The van der Waals surface area contributed by atoms with Gasteiger partial charge in [-0.2, -0.15) is 0 Å². The Labute approximate surface area is 115 Å². The molecule has 1 fully saturated rings. The van der Waals surface area contributed by atoms with Crippen molar-refractivity contribution in [3.8, 4) is 0 Å². The van der Waals surface area contributed by atoms with Crippen molar-refractivity contribution in [3.05, 3.63) is 34.3 Å². The normalized spacial score (nSPS) is 19.3. The minimum absolute atomic E-state index is 0.00130. The molecular weight excluding hydrogens is 294 g/mol. The Bertz CT molecular complexity index is 473. The van der Waals surface area contributed by atoms with Crippen LogP contribution in [0.5, 0.6) is 0 Å². The van der Waals surface area contributed by atoms with E-state index >= 15 is 0 Å². The van der Waals surface area contributed by atoms with Crippen LogP contribution in [0.1, 0.15) is 30.1 Å². The molecular formula is C14H16BrNO2. The first-order valence-corrected chi connectivity index (χ1v) is 6.96. The minimum Gasteiger partial charge on any atom is -0.335 e. The van der Waals surface area contributed by atoms with E-state index in [0.717, 1.165) is 17.4 Å². The number of halogens is 1. The Balaban J connectivity index is 2.02. The summed E-state index contributed by atoms with van der Waals surface area (Å²) < 4.78 is 0.882. The van der Waals surface area contributed by atoms with Gasteiger partial charge < -0.3 is 4.90 Å². The highest BCUT2D eigenvalue weighted by Crippen LogP contribution is 2.21. The molecule has 0 saturated carbocycles. The zero-order valence-corrected chi connectivity index (χ0v) is 11.9. The van der Waals surface area contributed by atoms with Gasteiger partial charge in [0.1, 0.15) is 0 Å². The Hall–Kier alpha value is -1.16. The summed E-state index contributed by atoms with van der Waals surface area (Å²) in [7, 11) is 0. The second-order valence-electron chi connectivity index (χ2n) is 4.69. The van der Waals surface area contributed by atoms with E-state index in [1.165, 1.54) is 0 Å². The number of Topliss-reactive ketones (excluding diaryl/α,β-unsaturated/α-hetero) is 1. The lowest BCUT2D eigenvalue weighted by Gasteiger charge is -2.15. The summed E-state index contributed by atoms with van der Waals surface area (Å²) in [4.78, 5) is 25.5. The maximum atomic E-state index is 12.1. The van der Waals surface area contributed by atoms with Gasteiger partial charge >= 0.3 is 0 Å². The third kappa shape index (κ3) is 2.99. The minimum atomic E-state index is 0.00130. The number of carbonyl (C=O) groups excluding carboxylic acids is 2. The van der Waals surface area contributed by atoms with Gasteiger partial charge in [0.15, 0.2) is 5.78 Å². The first kappa shape index (κ1) is 13.3. The molecule has 18 heavy (non-hydrogen) atoms. The zero-order valence-electron chi connectivity index (χ0n) is 10.4. The number of ketones is 1. The number of amides is 1. The molecule has 4 heteroatoms. The quantitative estimate of drug-likeness (QED) is 0.802. The van der Waals surface area contributed by atoms with Crippen molar-refractivity contribution in [2.24, 2.45) is 5.92 Å². The molecule has 1 aliphatic rings. The fraction of sp³-hybridized carbons (Fsp3) is 0.429. The van der Waals surface area contributed by atoms with Crippen molar-refractivity contribution in [2.75, 3.05) is 13.1 Å². The molecule has 1 aliphatic heterocycles. The van der Waals surface area contributed by atoms with Crippen molar-refractivity contribution in [1.82, 2.24) is 4.90 Å². The number of benzene rings is 1. The van der Waals surface area contributed by atoms with Crippen LogP contribution in [-0.2, 0) is 4.79 Å². The van der Waals surface area contributed by atoms with Crippen LogP contribution in [-0.4, -0.2) is 29.7 Å². The fourth-order valence-electron chi connectivity index (χ4n) is 2.21. The maximum Gasteiger partial charge on any atom is 0.223 e. The van der Waals surface area contributed by atoms with Crippen LogP contribution in [0.15, 0.2) is 28.7 Å². The van der Waals surface area contributed by atoms with Gasteiger partial charge in [0.2, 0.25) is 5.91 Å². The summed E-state index contributed by atoms with van der Waals surface area (Å²) in [5, 5.41) is 0. The van der Waals surface area contributed by atoms with E-state index < -0.39 is 0 Å². The molecule has 0 aliphatic carbocycles. The Morgan fingerprint density at radius 1 is 1.50 bits per heavy atom. The van der Waals surface area contributed by atoms with E-state index in [9.17, 15) is 9.59 Å². The molecule has 0 spiro atoms. The first-order chi connectivity index (χ1) is 8.60. The second-order valence-corrected chi connectivity index (χ2v) is 5.60. The molecule has 1 aromatic rings. The molecule has 0 aromatic heterocycles. The lowest BCUT2D eigenvalue weighted by Crippen LogP contribution is -2.31. The lowest BCUT2D eigenvalue weighted by atomic mass is 10.1. The lowest BCUT2D eigenvalue weighted by molar-refractivity contribution is -0.127. The van der Waals surface area contributed by atoms with Gasteiger partial charge in [-0.05, 0) is 18.1 Å². The predicted octanol–water partition coefficient (Wildman–Crippen LogP) is 2.89. The number of hydrogen-bond acceptors (Lipinski definition) is 2. The topological polar surface area (TPSA) is 37.4 Å². The van der Waals surface area contributed by atoms with Gasteiger partial charge in [0, 0.05) is 23.0 Å². The Morgan fingerprint density at radius 3 is 2.89 bits per heavy atom. The molecule has 0 bridgehead atoms. The number of hydrogen-bond donors (Lipinski definition) is 0. The molecule has 3 nitrogen and oxygen atoms in total. The molecule has 1 atom stereocenters. The van der Waals surface area contributed by atoms with Gasteiger partial charge in [-0.15, -0.1) is 0 Å². The van der Waals surface area contributed by atoms with E-state index in [1.54, 1.807) is 17.0 Å². The Kier molecular flexibility index (Phi) is 4.17. The van der Waals surface area contributed by atoms with Crippen LogP contribution in [0, 0.1) is 5.92 Å². The number of nitrogens with zero attached hydrogens (tertiary/aromatic N) is 1. The average Bonchev–Trinajstić information content (AvgIpc) is 2.70. The summed E-state index contributed by atoms with van der Waals surface area (Å²) in [6.07, 6.45) is 1.58. The Morgan fingerprint density at radius 2 is 2.28 bits per heavy atom. The number of likely N-dealkylation sites (tertiary alicyclic amines) is 1. The van der Waals surface area contributed by atoms with Gasteiger partial charge in [0.05, 0.1) is 6.54 Å². The molecule has 2 rings (SSSR count). The van der Waals surface area contributed by atoms with Gasteiger partial charge in [-0.25, -0.2) is 0 Å². The summed E-state index contributed by atoms with van der Waals surface area (Å²) in [5.41, 5.74) is 0.650. The van der Waals surface area contributed by atoms with Crippen molar-refractivity contribution < 1.29 is 9.59 Å². The largest absolute Gasteiger partial charge is 0.335 e. The first-order valence-electron chi connectivity index (χ1n) is 6.16. The highest BCUT2D eigenvalue weighted by atomic mass is 79.9. The average molecular weight is 310 g/mol. The highest BCUT2D eigenvalue weighted by Gasteiger charge is 2.29. The van der Waals surface area contributed by atoms with E-state index in [4.69, 9.17) is 0 Å². The van der Waals surface area contributed by atoms with Crippen molar-refractivity contribution in [1.29, 1.82) is 0 Å². The van der Waals surface area contributed by atoms with Crippen LogP contribution in [0.25, 0.3) is 0 Å². The van der Waals surface area contributed by atoms with E-state index in [1.807, 2.05) is 12.1 Å². The van der Waals surface area contributed by atoms with Crippen LogP contribution in [0.3, 0.4) is 0 Å². The molecule has 0 N–H and O–H groups in total. The number of rotatable bonds is 4. The fourth-order valence-corrected chi connectivity index (χ4v) is 2.61. The molecule has 1 heterocycles. The van der Waals surface area contributed by atoms with Crippen LogP contribution < -0.4 is 0 Å². The standard InChI is InChI=1S/C14H16BrNO2/c1-2-10-6-14(18)16(8-10)9-13(17)11-4-3-5-12(15)7-11/h3-5,7,10H,2,6,8-9H2,1H3. The smallest absolute Gasteiger partial charge is 0.223 e. The molecule has 1 amide bonds. The van der Waals surface area contributed by atoms with Crippen molar-refractivity contribution >= 4 is 27.6 Å². The van der Waals surface area contributed by atoms with E-state index in [2.05, 4.69) is 22.9 Å². The van der Waals surface area contributed by atoms with Gasteiger partial charge in [-0.1, -0.05) is 41.4 Å². The molecule has 1 unspecified atom stereocenters. The molecule has 1 saturated heterocycles. The summed E-state index contributed by atoms with van der Waals surface area (Å²) in [6.45, 7) is 3.00.